The minimum Gasteiger partial charge on any atom is -0.312 e. The molecule has 1 N–H and O–H groups in total. The van der Waals surface area contributed by atoms with E-state index in [4.69, 9.17) is 0 Å². The Morgan fingerprint density at radius 1 is 1.12 bits per heavy atom. The number of sulfonamides is 1. The van der Waals surface area contributed by atoms with Crippen molar-refractivity contribution in [3.63, 3.8) is 0 Å². The van der Waals surface area contributed by atoms with Gasteiger partial charge in [-0.05, 0) is 48.6 Å². The van der Waals surface area contributed by atoms with Crippen LogP contribution in [-0.4, -0.2) is 20.9 Å². The molecule has 0 aromatic heterocycles. The Morgan fingerprint density at radius 2 is 1.88 bits per heavy atom. The van der Waals surface area contributed by atoms with Crippen molar-refractivity contribution < 1.29 is 13.2 Å². The number of carbonyl (C=O) groups is 1. The predicted molar refractivity (Wildman–Crippen MR) is 103 cm³/mol. The highest BCUT2D eigenvalue weighted by atomic mass is 32.2. The van der Waals surface area contributed by atoms with Gasteiger partial charge in [0.05, 0.1) is 11.1 Å². The fraction of sp³-hybridized carbons (Fsp3) is 0.250. The van der Waals surface area contributed by atoms with Gasteiger partial charge < -0.3 is 4.90 Å². The fourth-order valence-corrected chi connectivity index (χ4v) is 4.01. The van der Waals surface area contributed by atoms with Crippen molar-refractivity contribution in [3.05, 3.63) is 65.1 Å². The molecule has 0 radical (unpaired) electrons. The SMILES string of the molecule is O=C(C1CC1)N1CCc2ccc(NS(=O)(=O)/C=C/c3ccccc3)cc21. The van der Waals surface area contributed by atoms with Gasteiger partial charge in [0.25, 0.3) is 10.0 Å². The smallest absolute Gasteiger partial charge is 0.255 e. The molecule has 0 bridgehead atoms. The third kappa shape index (κ3) is 3.65. The average Bonchev–Trinajstić information content (AvgIpc) is 3.40. The van der Waals surface area contributed by atoms with Gasteiger partial charge in [-0.1, -0.05) is 36.4 Å². The van der Waals surface area contributed by atoms with Gasteiger partial charge in [-0.2, -0.15) is 0 Å². The maximum atomic E-state index is 12.4. The van der Waals surface area contributed by atoms with Gasteiger partial charge >= 0.3 is 0 Å². The standard InChI is InChI=1S/C20H20N2O3S/c23-20(17-6-7-17)22-12-10-16-8-9-18(14-19(16)22)21-26(24,25)13-11-15-4-2-1-3-5-15/h1-5,8-9,11,13-14,17,21H,6-7,10,12H2/b13-11+. The summed E-state index contributed by atoms with van der Waals surface area (Å²) in [6.07, 6.45) is 4.29. The second-order valence-electron chi connectivity index (χ2n) is 6.72. The van der Waals surface area contributed by atoms with E-state index in [9.17, 15) is 13.2 Å². The molecule has 1 aliphatic heterocycles. The van der Waals surface area contributed by atoms with Crippen LogP contribution in [0.5, 0.6) is 0 Å². The number of hydrogen-bond donors (Lipinski definition) is 1. The minimum atomic E-state index is -3.63. The Balaban J connectivity index is 1.52. The van der Waals surface area contributed by atoms with E-state index in [-0.39, 0.29) is 11.8 Å². The van der Waals surface area contributed by atoms with Crippen molar-refractivity contribution in [2.45, 2.75) is 19.3 Å². The van der Waals surface area contributed by atoms with Crippen molar-refractivity contribution >= 4 is 33.4 Å². The summed E-state index contributed by atoms with van der Waals surface area (Å²) >= 11 is 0. The molecule has 4 rings (SSSR count). The molecule has 2 aliphatic rings. The number of hydrogen-bond acceptors (Lipinski definition) is 3. The molecule has 2 aromatic carbocycles. The van der Waals surface area contributed by atoms with Gasteiger partial charge in [0, 0.05) is 18.2 Å². The molecular formula is C20H20N2O3S. The lowest BCUT2D eigenvalue weighted by Crippen LogP contribution is -2.30. The quantitative estimate of drug-likeness (QED) is 0.880. The topological polar surface area (TPSA) is 66.5 Å². The van der Waals surface area contributed by atoms with E-state index in [1.165, 1.54) is 0 Å². The summed E-state index contributed by atoms with van der Waals surface area (Å²) in [5, 5.41) is 1.16. The van der Waals surface area contributed by atoms with Gasteiger partial charge in [0.1, 0.15) is 0 Å². The highest BCUT2D eigenvalue weighted by molar-refractivity contribution is 7.95. The van der Waals surface area contributed by atoms with Crippen molar-refractivity contribution in [2.75, 3.05) is 16.2 Å². The zero-order valence-electron chi connectivity index (χ0n) is 14.3. The molecule has 0 saturated heterocycles. The van der Waals surface area contributed by atoms with E-state index < -0.39 is 10.0 Å². The van der Waals surface area contributed by atoms with Crippen molar-refractivity contribution in [2.24, 2.45) is 5.92 Å². The highest BCUT2D eigenvalue weighted by Gasteiger charge is 2.36. The Bertz CT molecular complexity index is 964. The molecule has 1 fully saturated rings. The Morgan fingerprint density at radius 3 is 2.62 bits per heavy atom. The van der Waals surface area contributed by atoms with Gasteiger partial charge in [-0.15, -0.1) is 0 Å². The lowest BCUT2D eigenvalue weighted by atomic mass is 10.1. The molecule has 0 spiro atoms. The van der Waals surface area contributed by atoms with Crippen LogP contribution in [0.3, 0.4) is 0 Å². The van der Waals surface area contributed by atoms with Gasteiger partial charge in [0.15, 0.2) is 0 Å². The normalized spacial score (nSPS) is 16.7. The molecule has 1 saturated carbocycles. The van der Waals surface area contributed by atoms with Crippen LogP contribution in [0.15, 0.2) is 53.9 Å². The molecule has 0 atom stereocenters. The van der Waals surface area contributed by atoms with Gasteiger partial charge in [0.2, 0.25) is 5.91 Å². The maximum absolute atomic E-state index is 12.4. The van der Waals surface area contributed by atoms with Crippen LogP contribution < -0.4 is 9.62 Å². The third-order valence-corrected chi connectivity index (χ3v) is 5.69. The second-order valence-corrected chi connectivity index (χ2v) is 8.28. The van der Waals surface area contributed by atoms with E-state index in [0.29, 0.717) is 12.2 Å². The summed E-state index contributed by atoms with van der Waals surface area (Å²) < 4.78 is 27.2. The highest BCUT2D eigenvalue weighted by Crippen LogP contribution is 2.37. The summed E-state index contributed by atoms with van der Waals surface area (Å²) in [7, 11) is -3.63. The van der Waals surface area contributed by atoms with Crippen LogP contribution in [0.1, 0.15) is 24.0 Å². The first-order chi connectivity index (χ1) is 12.5. The van der Waals surface area contributed by atoms with Crippen molar-refractivity contribution in [1.29, 1.82) is 0 Å². The first kappa shape index (κ1) is 16.8. The van der Waals surface area contributed by atoms with Gasteiger partial charge in [-0.25, -0.2) is 8.42 Å². The number of rotatable bonds is 5. The fourth-order valence-electron chi connectivity index (χ4n) is 3.15. The van der Waals surface area contributed by atoms with Crippen molar-refractivity contribution in [3.8, 4) is 0 Å². The first-order valence-corrected chi connectivity index (χ1v) is 10.3. The van der Waals surface area contributed by atoms with Crippen LogP contribution in [-0.2, 0) is 21.2 Å². The monoisotopic (exact) mass is 368 g/mol. The largest absolute Gasteiger partial charge is 0.312 e. The third-order valence-electron chi connectivity index (χ3n) is 4.67. The molecule has 2 aromatic rings. The molecule has 0 unspecified atom stereocenters. The molecular weight excluding hydrogens is 348 g/mol. The van der Waals surface area contributed by atoms with Crippen LogP contribution in [0.4, 0.5) is 11.4 Å². The van der Waals surface area contributed by atoms with Crippen LogP contribution in [0, 0.1) is 5.92 Å². The second kappa shape index (κ2) is 6.61. The zero-order valence-corrected chi connectivity index (χ0v) is 15.1. The number of fused-ring (bicyclic) bond motifs is 1. The summed E-state index contributed by atoms with van der Waals surface area (Å²) in [6.45, 7) is 0.675. The van der Waals surface area contributed by atoms with Gasteiger partial charge in [-0.3, -0.25) is 9.52 Å². The Hall–Kier alpha value is -2.60. The number of amides is 1. The first-order valence-electron chi connectivity index (χ1n) is 8.72. The number of nitrogens with zero attached hydrogens (tertiary/aromatic N) is 1. The summed E-state index contributed by atoms with van der Waals surface area (Å²) in [5.41, 5.74) is 3.20. The summed E-state index contributed by atoms with van der Waals surface area (Å²) in [6, 6.07) is 14.7. The predicted octanol–water partition coefficient (Wildman–Crippen LogP) is 3.40. The van der Waals surface area contributed by atoms with Crippen molar-refractivity contribution in [1.82, 2.24) is 0 Å². The Labute approximate surface area is 153 Å². The van der Waals surface area contributed by atoms with Crippen LogP contribution >= 0.6 is 0 Å². The Kier molecular flexibility index (Phi) is 4.28. The van der Waals surface area contributed by atoms with E-state index in [0.717, 1.165) is 41.5 Å². The molecule has 134 valence electrons. The van der Waals surface area contributed by atoms with E-state index in [1.54, 1.807) is 23.1 Å². The van der Waals surface area contributed by atoms with E-state index in [1.807, 2.05) is 36.4 Å². The number of carbonyl (C=O) groups excluding carboxylic acids is 1. The molecule has 5 nitrogen and oxygen atoms in total. The lowest BCUT2D eigenvalue weighted by Gasteiger charge is -2.18. The number of anilines is 2. The minimum absolute atomic E-state index is 0.148. The average molecular weight is 368 g/mol. The van der Waals surface area contributed by atoms with Crippen LogP contribution in [0.25, 0.3) is 6.08 Å². The summed E-state index contributed by atoms with van der Waals surface area (Å²) in [5.74, 6) is 0.308. The zero-order chi connectivity index (χ0) is 18.1. The lowest BCUT2D eigenvalue weighted by molar-refractivity contribution is -0.119. The number of nitrogens with one attached hydrogen (secondary N) is 1. The van der Waals surface area contributed by atoms with E-state index in [2.05, 4.69) is 4.72 Å². The summed E-state index contributed by atoms with van der Waals surface area (Å²) in [4.78, 5) is 14.2. The number of benzene rings is 2. The molecule has 6 heteroatoms. The molecule has 26 heavy (non-hydrogen) atoms. The molecule has 1 aliphatic carbocycles. The van der Waals surface area contributed by atoms with Crippen LogP contribution in [0.2, 0.25) is 0 Å². The van der Waals surface area contributed by atoms with E-state index >= 15 is 0 Å². The molecule has 1 amide bonds. The molecule has 1 heterocycles. The maximum Gasteiger partial charge on any atom is 0.255 e.